The van der Waals surface area contributed by atoms with Gasteiger partial charge in [-0.3, -0.25) is 9.69 Å². The molecule has 0 heterocycles. The second kappa shape index (κ2) is 29.6. The van der Waals surface area contributed by atoms with E-state index in [9.17, 15) is 4.79 Å². The summed E-state index contributed by atoms with van der Waals surface area (Å²) in [6.45, 7) is 7.67. The highest BCUT2D eigenvalue weighted by Gasteiger charge is 2.11. The van der Waals surface area contributed by atoms with Gasteiger partial charge in [-0.15, -0.1) is 0 Å². The van der Waals surface area contributed by atoms with E-state index in [2.05, 4.69) is 50.0 Å². The van der Waals surface area contributed by atoms with Crippen molar-refractivity contribution < 1.29 is 4.79 Å². The fourth-order valence-electron chi connectivity index (χ4n) is 4.22. The number of amides is 1. The number of nitrogens with one attached hydrogen (secondary N) is 1. The summed E-state index contributed by atoms with van der Waals surface area (Å²) in [5, 5.41) is 3.11. The number of rotatable bonds is 24. The molecule has 0 radical (unpaired) electrons. The highest BCUT2D eigenvalue weighted by atomic mass is 16.1. The Labute approximate surface area is 222 Å². The van der Waals surface area contributed by atoms with E-state index < -0.39 is 0 Å². The van der Waals surface area contributed by atoms with Gasteiger partial charge in [-0.05, 0) is 47.6 Å². The summed E-state index contributed by atoms with van der Waals surface area (Å²) in [7, 11) is 8.15. The standard InChI is InChI=1S/C27H56N2O.C4H11N/c1-5-7-8-9-10-11-12-13-14-15-16-17-18-19-20-21-22-23-24-25-27(30)28-26(6-2)29(3)4;1-4-5(2)3/h26H,5-25H2,1-4H3,(H,28,30);4H2,1-3H3. The normalized spacial score (nSPS) is 12.0. The van der Waals surface area contributed by atoms with Crippen molar-refractivity contribution in [2.75, 3.05) is 34.7 Å². The maximum absolute atomic E-state index is 12.0. The Morgan fingerprint density at radius 2 is 0.886 bits per heavy atom. The molecule has 0 aliphatic carbocycles. The topological polar surface area (TPSA) is 35.6 Å². The van der Waals surface area contributed by atoms with Crippen LogP contribution in [-0.4, -0.2) is 56.6 Å². The molecule has 1 unspecified atom stereocenters. The Morgan fingerprint density at radius 3 is 1.14 bits per heavy atom. The van der Waals surface area contributed by atoms with Gasteiger partial charge in [0.2, 0.25) is 5.91 Å². The Balaban J connectivity index is 0. The van der Waals surface area contributed by atoms with Crippen LogP contribution >= 0.6 is 0 Å². The Hall–Kier alpha value is -0.610. The lowest BCUT2D eigenvalue weighted by atomic mass is 10.0. The van der Waals surface area contributed by atoms with E-state index in [1.165, 1.54) is 116 Å². The van der Waals surface area contributed by atoms with E-state index in [1.54, 1.807) is 0 Å². The molecule has 0 bridgehead atoms. The highest BCUT2D eigenvalue weighted by Crippen LogP contribution is 2.14. The minimum atomic E-state index is 0.179. The second-order valence-corrected chi connectivity index (χ2v) is 11.0. The molecule has 0 saturated carbocycles. The molecule has 212 valence electrons. The van der Waals surface area contributed by atoms with Crippen molar-refractivity contribution in [2.45, 2.75) is 162 Å². The van der Waals surface area contributed by atoms with Crippen molar-refractivity contribution in [2.24, 2.45) is 0 Å². The van der Waals surface area contributed by atoms with E-state index in [0.717, 1.165) is 19.4 Å². The first-order chi connectivity index (χ1) is 16.9. The van der Waals surface area contributed by atoms with Crippen molar-refractivity contribution >= 4 is 5.91 Å². The molecular weight excluding hydrogens is 430 g/mol. The largest absolute Gasteiger partial charge is 0.341 e. The third-order valence-electron chi connectivity index (χ3n) is 6.98. The molecule has 4 heteroatoms. The zero-order valence-corrected chi connectivity index (χ0v) is 25.4. The van der Waals surface area contributed by atoms with Crippen molar-refractivity contribution in [3.8, 4) is 0 Å². The Bertz CT molecular complexity index is 412. The zero-order valence-electron chi connectivity index (χ0n) is 25.4. The van der Waals surface area contributed by atoms with Gasteiger partial charge in [-0.25, -0.2) is 0 Å². The molecule has 1 amide bonds. The molecule has 0 aromatic carbocycles. The third-order valence-corrected chi connectivity index (χ3v) is 6.98. The lowest BCUT2D eigenvalue weighted by Crippen LogP contribution is -2.44. The van der Waals surface area contributed by atoms with Gasteiger partial charge in [0.15, 0.2) is 0 Å². The summed E-state index contributed by atoms with van der Waals surface area (Å²) in [5.41, 5.74) is 0. The fraction of sp³-hybridized carbons (Fsp3) is 0.968. The van der Waals surface area contributed by atoms with Crippen molar-refractivity contribution in [3.05, 3.63) is 0 Å². The summed E-state index contributed by atoms with van der Waals surface area (Å²) in [6.07, 6.45) is 28.2. The molecule has 35 heavy (non-hydrogen) atoms. The van der Waals surface area contributed by atoms with E-state index in [0.29, 0.717) is 6.42 Å². The third kappa shape index (κ3) is 31.4. The van der Waals surface area contributed by atoms with Gasteiger partial charge in [0, 0.05) is 6.42 Å². The first-order valence-electron chi connectivity index (χ1n) is 15.5. The minimum absolute atomic E-state index is 0.179. The van der Waals surface area contributed by atoms with Crippen LogP contribution in [0.25, 0.3) is 0 Å². The van der Waals surface area contributed by atoms with Crippen LogP contribution in [0.5, 0.6) is 0 Å². The molecular formula is C31H67N3O. The number of nitrogens with zero attached hydrogens (tertiary/aromatic N) is 2. The van der Waals surface area contributed by atoms with Gasteiger partial charge in [-0.1, -0.05) is 136 Å². The van der Waals surface area contributed by atoms with Gasteiger partial charge in [0.1, 0.15) is 0 Å². The molecule has 0 spiro atoms. The van der Waals surface area contributed by atoms with E-state index in [4.69, 9.17) is 0 Å². The average Bonchev–Trinajstić information content (AvgIpc) is 2.84. The van der Waals surface area contributed by atoms with Crippen molar-refractivity contribution in [3.63, 3.8) is 0 Å². The molecule has 0 aliphatic rings. The van der Waals surface area contributed by atoms with Crippen LogP contribution in [0.15, 0.2) is 0 Å². The zero-order chi connectivity index (χ0) is 26.6. The van der Waals surface area contributed by atoms with Gasteiger partial charge in [-0.2, -0.15) is 0 Å². The summed E-state index contributed by atoms with van der Waals surface area (Å²) in [6, 6.07) is 0. The first-order valence-corrected chi connectivity index (χ1v) is 15.5. The van der Waals surface area contributed by atoms with Crippen LogP contribution in [0.4, 0.5) is 0 Å². The quantitative estimate of drug-likeness (QED) is 0.107. The van der Waals surface area contributed by atoms with Crippen LogP contribution in [0.3, 0.4) is 0 Å². The molecule has 0 aromatic heterocycles. The highest BCUT2D eigenvalue weighted by molar-refractivity contribution is 5.76. The van der Waals surface area contributed by atoms with Crippen LogP contribution in [0.1, 0.15) is 156 Å². The van der Waals surface area contributed by atoms with E-state index in [-0.39, 0.29) is 12.1 Å². The first kappa shape index (κ1) is 36.5. The summed E-state index contributed by atoms with van der Waals surface area (Å²) in [4.78, 5) is 16.2. The van der Waals surface area contributed by atoms with Gasteiger partial charge in [0.25, 0.3) is 0 Å². The van der Waals surface area contributed by atoms with Gasteiger partial charge >= 0.3 is 0 Å². The average molecular weight is 498 g/mol. The second-order valence-electron chi connectivity index (χ2n) is 11.0. The monoisotopic (exact) mass is 498 g/mol. The molecule has 1 atom stereocenters. The molecule has 0 aliphatic heterocycles. The molecule has 0 saturated heterocycles. The maximum Gasteiger partial charge on any atom is 0.221 e. The lowest BCUT2D eigenvalue weighted by molar-refractivity contribution is -0.123. The molecule has 0 fully saturated rings. The van der Waals surface area contributed by atoms with Crippen molar-refractivity contribution in [1.29, 1.82) is 0 Å². The summed E-state index contributed by atoms with van der Waals surface area (Å²) < 4.78 is 0. The van der Waals surface area contributed by atoms with Crippen molar-refractivity contribution in [1.82, 2.24) is 15.1 Å². The Kier molecular flexibility index (Phi) is 30.9. The number of carbonyl (C=O) groups is 1. The smallest absolute Gasteiger partial charge is 0.221 e. The van der Waals surface area contributed by atoms with E-state index in [1.807, 2.05) is 14.1 Å². The summed E-state index contributed by atoms with van der Waals surface area (Å²) in [5.74, 6) is 0.211. The lowest BCUT2D eigenvalue weighted by Gasteiger charge is -2.23. The minimum Gasteiger partial charge on any atom is -0.341 e. The number of unbranched alkanes of at least 4 members (excludes halogenated alkanes) is 18. The molecule has 1 N–H and O–H groups in total. The molecule has 0 rings (SSSR count). The fourth-order valence-corrected chi connectivity index (χ4v) is 4.22. The van der Waals surface area contributed by atoms with E-state index >= 15 is 0 Å². The van der Waals surface area contributed by atoms with Gasteiger partial charge in [0.05, 0.1) is 6.17 Å². The number of hydrogen-bond acceptors (Lipinski definition) is 3. The van der Waals surface area contributed by atoms with Crippen LogP contribution < -0.4 is 5.32 Å². The molecule has 4 nitrogen and oxygen atoms in total. The van der Waals surface area contributed by atoms with Crippen LogP contribution in [0, 0.1) is 0 Å². The number of hydrogen-bond donors (Lipinski definition) is 1. The SMILES string of the molecule is CCCCCCCCCCCCCCCCCCCCCC(=O)NC(CC)N(C)C.CCN(C)C. The van der Waals surface area contributed by atoms with Crippen LogP contribution in [0.2, 0.25) is 0 Å². The predicted molar refractivity (Wildman–Crippen MR) is 158 cm³/mol. The predicted octanol–water partition coefficient (Wildman–Crippen LogP) is 8.79. The Morgan fingerprint density at radius 1 is 0.571 bits per heavy atom. The van der Waals surface area contributed by atoms with Crippen LogP contribution in [-0.2, 0) is 4.79 Å². The molecule has 0 aromatic rings. The summed E-state index contributed by atoms with van der Waals surface area (Å²) >= 11 is 0. The maximum atomic E-state index is 12.0. The van der Waals surface area contributed by atoms with Gasteiger partial charge < -0.3 is 10.2 Å². The number of carbonyl (C=O) groups excluding carboxylic acids is 1.